The second-order valence-corrected chi connectivity index (χ2v) is 3.37. The molecule has 3 nitrogen and oxygen atoms in total. The first-order valence-corrected chi connectivity index (χ1v) is 4.64. The number of ketones is 1. The van der Waals surface area contributed by atoms with Gasteiger partial charge in [-0.25, -0.2) is 9.37 Å². The molecule has 0 aliphatic carbocycles. The van der Waals surface area contributed by atoms with Gasteiger partial charge < -0.3 is 4.90 Å². The molecule has 1 aliphatic heterocycles. The molecule has 0 unspecified atom stereocenters. The van der Waals surface area contributed by atoms with Gasteiger partial charge in [-0.05, 0) is 18.6 Å². The zero-order valence-corrected chi connectivity index (χ0v) is 7.74. The molecule has 1 saturated heterocycles. The van der Waals surface area contributed by atoms with Crippen molar-refractivity contribution in [1.29, 1.82) is 0 Å². The molecular weight excluding hydrogens is 183 g/mol. The topological polar surface area (TPSA) is 33.2 Å². The van der Waals surface area contributed by atoms with Crippen LogP contribution in [0.15, 0.2) is 18.3 Å². The standard InChI is InChI=1S/C10H11FN2O/c11-9-4-1-5-12-10(9)13-6-2-3-8(14)7-13/h1,4-5H,2-3,6-7H2. The number of hydrogen-bond donors (Lipinski definition) is 0. The SMILES string of the molecule is O=C1CCCN(c2ncccc2F)C1. The van der Waals surface area contributed by atoms with Crippen molar-refractivity contribution in [3.8, 4) is 0 Å². The van der Waals surface area contributed by atoms with Crippen molar-refractivity contribution in [2.75, 3.05) is 18.0 Å². The molecule has 1 fully saturated rings. The Hall–Kier alpha value is -1.45. The molecule has 0 spiro atoms. The molecule has 0 atom stereocenters. The van der Waals surface area contributed by atoms with Crippen LogP contribution >= 0.6 is 0 Å². The number of carbonyl (C=O) groups is 1. The van der Waals surface area contributed by atoms with Crippen LogP contribution in [0, 0.1) is 5.82 Å². The molecule has 0 saturated carbocycles. The van der Waals surface area contributed by atoms with Gasteiger partial charge in [0.15, 0.2) is 17.4 Å². The number of pyridine rings is 1. The van der Waals surface area contributed by atoms with E-state index in [0.29, 0.717) is 18.8 Å². The maximum Gasteiger partial charge on any atom is 0.165 e. The highest BCUT2D eigenvalue weighted by Gasteiger charge is 2.20. The third kappa shape index (κ3) is 1.73. The number of aromatic nitrogens is 1. The van der Waals surface area contributed by atoms with Crippen LogP contribution < -0.4 is 4.90 Å². The third-order valence-corrected chi connectivity index (χ3v) is 2.29. The van der Waals surface area contributed by atoms with Gasteiger partial charge in [0.2, 0.25) is 0 Å². The number of anilines is 1. The number of Topliss-reactive ketones (excluding diaryl/α,β-unsaturated/α-hetero) is 1. The molecule has 0 amide bonds. The van der Waals surface area contributed by atoms with Crippen LogP contribution in [0.2, 0.25) is 0 Å². The van der Waals surface area contributed by atoms with Crippen molar-refractivity contribution in [3.05, 3.63) is 24.1 Å². The van der Waals surface area contributed by atoms with Gasteiger partial charge in [-0.2, -0.15) is 0 Å². The fourth-order valence-electron chi connectivity index (χ4n) is 1.63. The van der Waals surface area contributed by atoms with Crippen molar-refractivity contribution in [2.45, 2.75) is 12.8 Å². The van der Waals surface area contributed by atoms with Gasteiger partial charge >= 0.3 is 0 Å². The minimum absolute atomic E-state index is 0.154. The van der Waals surface area contributed by atoms with Crippen LogP contribution in [0.1, 0.15) is 12.8 Å². The molecule has 1 aromatic rings. The Kier molecular flexibility index (Phi) is 2.43. The number of nitrogens with zero attached hydrogens (tertiary/aromatic N) is 2. The first kappa shape index (κ1) is 9.12. The molecule has 0 aromatic carbocycles. The minimum Gasteiger partial charge on any atom is -0.347 e. The first-order chi connectivity index (χ1) is 6.77. The van der Waals surface area contributed by atoms with E-state index >= 15 is 0 Å². The average Bonchev–Trinajstić information content (AvgIpc) is 2.18. The van der Waals surface area contributed by atoms with Crippen LogP contribution in [0.4, 0.5) is 10.2 Å². The van der Waals surface area contributed by atoms with Crippen molar-refractivity contribution < 1.29 is 9.18 Å². The number of rotatable bonds is 1. The molecule has 2 rings (SSSR count). The Morgan fingerprint density at radius 2 is 2.36 bits per heavy atom. The highest BCUT2D eigenvalue weighted by Crippen LogP contribution is 2.18. The van der Waals surface area contributed by atoms with Crippen LogP contribution in [-0.4, -0.2) is 23.9 Å². The second kappa shape index (κ2) is 3.74. The monoisotopic (exact) mass is 194 g/mol. The Bertz CT molecular complexity index is 354. The fraction of sp³-hybridized carbons (Fsp3) is 0.400. The molecular formula is C10H11FN2O. The Labute approximate surface area is 81.6 Å². The maximum atomic E-state index is 13.3. The van der Waals surface area contributed by atoms with E-state index in [4.69, 9.17) is 0 Å². The van der Waals surface area contributed by atoms with Crippen molar-refractivity contribution >= 4 is 11.6 Å². The van der Waals surface area contributed by atoms with Crippen LogP contribution in [0.3, 0.4) is 0 Å². The predicted octanol–water partition coefficient (Wildman–Crippen LogP) is 1.39. The van der Waals surface area contributed by atoms with Crippen molar-refractivity contribution in [3.63, 3.8) is 0 Å². The third-order valence-electron chi connectivity index (χ3n) is 2.29. The highest BCUT2D eigenvalue weighted by molar-refractivity contribution is 5.84. The van der Waals surface area contributed by atoms with Crippen molar-refractivity contribution in [1.82, 2.24) is 4.98 Å². The minimum atomic E-state index is -0.359. The molecule has 0 radical (unpaired) electrons. The first-order valence-electron chi connectivity index (χ1n) is 4.64. The Morgan fingerprint density at radius 1 is 1.50 bits per heavy atom. The summed E-state index contributed by atoms with van der Waals surface area (Å²) in [7, 11) is 0. The zero-order chi connectivity index (χ0) is 9.97. The Balaban J connectivity index is 2.22. The van der Waals surface area contributed by atoms with E-state index in [1.54, 1.807) is 11.0 Å². The largest absolute Gasteiger partial charge is 0.347 e. The zero-order valence-electron chi connectivity index (χ0n) is 7.74. The van der Waals surface area contributed by atoms with E-state index in [1.165, 1.54) is 12.3 Å². The van der Waals surface area contributed by atoms with E-state index in [0.717, 1.165) is 6.42 Å². The van der Waals surface area contributed by atoms with Gasteiger partial charge in [0, 0.05) is 19.2 Å². The highest BCUT2D eigenvalue weighted by atomic mass is 19.1. The van der Waals surface area contributed by atoms with Gasteiger partial charge in [-0.3, -0.25) is 4.79 Å². The van der Waals surface area contributed by atoms with Gasteiger partial charge in [0.25, 0.3) is 0 Å². The van der Waals surface area contributed by atoms with Gasteiger partial charge in [0.1, 0.15) is 0 Å². The van der Waals surface area contributed by atoms with Crippen LogP contribution in [0.25, 0.3) is 0 Å². The second-order valence-electron chi connectivity index (χ2n) is 3.37. The maximum absolute atomic E-state index is 13.3. The summed E-state index contributed by atoms with van der Waals surface area (Å²) in [5.41, 5.74) is 0. The van der Waals surface area contributed by atoms with Gasteiger partial charge in [-0.1, -0.05) is 0 Å². The lowest BCUT2D eigenvalue weighted by Crippen LogP contribution is -2.36. The summed E-state index contributed by atoms with van der Waals surface area (Å²) >= 11 is 0. The molecule has 0 N–H and O–H groups in total. The number of carbonyl (C=O) groups excluding carboxylic acids is 1. The number of piperidine rings is 1. The summed E-state index contributed by atoms with van der Waals surface area (Å²) in [4.78, 5) is 16.8. The summed E-state index contributed by atoms with van der Waals surface area (Å²) in [5.74, 6) is 0.0871. The predicted molar refractivity (Wildman–Crippen MR) is 50.6 cm³/mol. The molecule has 14 heavy (non-hydrogen) atoms. The van der Waals surface area contributed by atoms with Crippen molar-refractivity contribution in [2.24, 2.45) is 0 Å². The summed E-state index contributed by atoms with van der Waals surface area (Å²) in [6, 6.07) is 2.91. The lowest BCUT2D eigenvalue weighted by Gasteiger charge is -2.26. The van der Waals surface area contributed by atoms with E-state index in [-0.39, 0.29) is 18.1 Å². The van der Waals surface area contributed by atoms with Gasteiger partial charge in [0.05, 0.1) is 6.54 Å². The van der Waals surface area contributed by atoms with E-state index < -0.39 is 0 Å². The number of halogens is 1. The quantitative estimate of drug-likeness (QED) is 0.677. The summed E-state index contributed by atoms with van der Waals surface area (Å²) in [6.45, 7) is 0.994. The van der Waals surface area contributed by atoms with E-state index in [9.17, 15) is 9.18 Å². The summed E-state index contributed by atoms with van der Waals surface area (Å²) < 4.78 is 13.3. The summed E-state index contributed by atoms with van der Waals surface area (Å²) in [6.07, 6.45) is 2.93. The summed E-state index contributed by atoms with van der Waals surface area (Å²) in [5, 5.41) is 0. The smallest absolute Gasteiger partial charge is 0.165 e. The van der Waals surface area contributed by atoms with E-state index in [1.807, 2.05) is 0 Å². The molecule has 1 aliphatic rings. The Morgan fingerprint density at radius 3 is 3.07 bits per heavy atom. The average molecular weight is 194 g/mol. The molecule has 1 aromatic heterocycles. The number of hydrogen-bond acceptors (Lipinski definition) is 3. The van der Waals surface area contributed by atoms with Gasteiger partial charge in [-0.15, -0.1) is 0 Å². The lowest BCUT2D eigenvalue weighted by atomic mass is 10.1. The van der Waals surface area contributed by atoms with Crippen LogP contribution in [0.5, 0.6) is 0 Å². The normalized spacial score (nSPS) is 17.2. The molecule has 2 heterocycles. The van der Waals surface area contributed by atoms with E-state index in [2.05, 4.69) is 4.98 Å². The fourth-order valence-corrected chi connectivity index (χ4v) is 1.63. The van der Waals surface area contributed by atoms with Crippen LogP contribution in [-0.2, 0) is 4.79 Å². The lowest BCUT2D eigenvalue weighted by molar-refractivity contribution is -0.118. The molecule has 4 heteroatoms. The molecule has 0 bridgehead atoms. The molecule has 74 valence electrons.